The number of amides is 1. The molecule has 8 heteroatoms. The molecule has 31 heavy (non-hydrogen) atoms. The highest BCUT2D eigenvalue weighted by molar-refractivity contribution is 7.22. The molecule has 0 unspecified atom stereocenters. The standard InChI is InChI=1S/C23H31N5O2S/c1-15(2)28-19(14-18(5)25-28)22(29)27(7-6-26-8-10-30-11-9-26)23-24-21-17(4)12-16(3)13-20(21)31-23/h12-15H,6-11H2,1-5H3. The van der Waals surface area contributed by atoms with Crippen molar-refractivity contribution in [1.29, 1.82) is 0 Å². The van der Waals surface area contributed by atoms with Crippen molar-refractivity contribution in [2.75, 3.05) is 44.3 Å². The number of nitrogens with zero attached hydrogens (tertiary/aromatic N) is 5. The molecule has 1 aromatic carbocycles. The third-order valence-electron chi connectivity index (χ3n) is 5.60. The fraction of sp³-hybridized carbons (Fsp3) is 0.522. The number of thiazole rings is 1. The van der Waals surface area contributed by atoms with Gasteiger partial charge in [-0.25, -0.2) is 4.98 Å². The Balaban J connectivity index is 1.70. The summed E-state index contributed by atoms with van der Waals surface area (Å²) in [7, 11) is 0. The van der Waals surface area contributed by atoms with Crippen LogP contribution in [0.15, 0.2) is 18.2 Å². The summed E-state index contributed by atoms with van der Waals surface area (Å²) < 4.78 is 8.41. The van der Waals surface area contributed by atoms with Gasteiger partial charge in [0.05, 0.1) is 29.1 Å². The minimum absolute atomic E-state index is 0.0454. The molecule has 3 heterocycles. The molecule has 0 atom stereocenters. The van der Waals surface area contributed by atoms with Crippen LogP contribution in [0.1, 0.15) is 47.2 Å². The summed E-state index contributed by atoms with van der Waals surface area (Å²) in [5.74, 6) is -0.0454. The lowest BCUT2D eigenvalue weighted by atomic mass is 10.1. The highest BCUT2D eigenvalue weighted by atomic mass is 32.1. The first kappa shape index (κ1) is 21.9. The van der Waals surface area contributed by atoms with Crippen LogP contribution in [0.3, 0.4) is 0 Å². The minimum atomic E-state index is -0.0454. The second-order valence-electron chi connectivity index (χ2n) is 8.55. The molecule has 0 bridgehead atoms. The van der Waals surface area contributed by atoms with Crippen LogP contribution in [0.5, 0.6) is 0 Å². The molecule has 0 aliphatic carbocycles. The average molecular weight is 442 g/mol. The van der Waals surface area contributed by atoms with Gasteiger partial charge in [-0.2, -0.15) is 5.10 Å². The topological polar surface area (TPSA) is 63.5 Å². The van der Waals surface area contributed by atoms with Crippen LogP contribution in [-0.2, 0) is 4.74 Å². The predicted molar refractivity (Wildman–Crippen MR) is 125 cm³/mol. The quantitative estimate of drug-likeness (QED) is 0.579. The Morgan fingerprint density at radius 3 is 2.65 bits per heavy atom. The van der Waals surface area contributed by atoms with E-state index >= 15 is 0 Å². The van der Waals surface area contributed by atoms with Crippen molar-refractivity contribution < 1.29 is 9.53 Å². The lowest BCUT2D eigenvalue weighted by molar-refractivity contribution is 0.0391. The summed E-state index contributed by atoms with van der Waals surface area (Å²) >= 11 is 1.59. The van der Waals surface area contributed by atoms with Crippen molar-refractivity contribution in [2.45, 2.75) is 40.7 Å². The molecule has 0 saturated carbocycles. The van der Waals surface area contributed by atoms with Gasteiger partial charge in [-0.3, -0.25) is 19.3 Å². The normalized spacial score (nSPS) is 15.2. The summed E-state index contributed by atoms with van der Waals surface area (Å²) in [6.45, 7) is 14.8. The van der Waals surface area contributed by atoms with Gasteiger partial charge < -0.3 is 4.74 Å². The van der Waals surface area contributed by atoms with Gasteiger partial charge in [0, 0.05) is 32.2 Å². The molecule has 4 rings (SSSR count). The zero-order chi connectivity index (χ0) is 22.1. The van der Waals surface area contributed by atoms with E-state index in [1.54, 1.807) is 11.3 Å². The van der Waals surface area contributed by atoms with E-state index in [0.717, 1.165) is 59.5 Å². The Bertz CT molecular complexity index is 1080. The Morgan fingerprint density at radius 2 is 1.94 bits per heavy atom. The Labute approximate surface area is 187 Å². The molecule has 166 valence electrons. The fourth-order valence-corrected chi connectivity index (χ4v) is 5.20. The zero-order valence-corrected chi connectivity index (χ0v) is 19.8. The lowest BCUT2D eigenvalue weighted by Crippen LogP contribution is -2.43. The molecule has 1 saturated heterocycles. The number of hydrogen-bond donors (Lipinski definition) is 0. The van der Waals surface area contributed by atoms with Gasteiger partial charge >= 0.3 is 0 Å². The van der Waals surface area contributed by atoms with Crippen LogP contribution < -0.4 is 4.90 Å². The monoisotopic (exact) mass is 441 g/mol. The van der Waals surface area contributed by atoms with Crippen LogP contribution in [0.2, 0.25) is 0 Å². The van der Waals surface area contributed by atoms with Gasteiger partial charge in [-0.15, -0.1) is 0 Å². The molecule has 7 nitrogen and oxygen atoms in total. The molecule has 0 spiro atoms. The van der Waals surface area contributed by atoms with E-state index in [4.69, 9.17) is 9.72 Å². The van der Waals surface area contributed by atoms with Gasteiger partial charge in [0.15, 0.2) is 5.13 Å². The highest BCUT2D eigenvalue weighted by Crippen LogP contribution is 2.32. The van der Waals surface area contributed by atoms with Gasteiger partial charge in [0.25, 0.3) is 5.91 Å². The first-order valence-corrected chi connectivity index (χ1v) is 11.7. The Morgan fingerprint density at radius 1 is 1.19 bits per heavy atom. The van der Waals surface area contributed by atoms with Crippen molar-refractivity contribution in [3.63, 3.8) is 0 Å². The van der Waals surface area contributed by atoms with Crippen molar-refractivity contribution in [3.8, 4) is 0 Å². The SMILES string of the molecule is Cc1cc(C)c2nc(N(CCN3CCOCC3)C(=O)c3cc(C)nn3C(C)C)sc2c1. The number of fused-ring (bicyclic) bond motifs is 1. The minimum Gasteiger partial charge on any atom is -0.379 e. The van der Waals surface area contributed by atoms with E-state index in [1.807, 2.05) is 36.4 Å². The molecule has 1 aliphatic rings. The largest absolute Gasteiger partial charge is 0.379 e. The third kappa shape index (κ3) is 4.66. The van der Waals surface area contributed by atoms with E-state index in [-0.39, 0.29) is 11.9 Å². The smallest absolute Gasteiger partial charge is 0.278 e. The number of rotatable bonds is 6. The number of morpholine rings is 1. The van der Waals surface area contributed by atoms with E-state index < -0.39 is 0 Å². The molecule has 2 aromatic heterocycles. The number of aromatic nitrogens is 3. The molecule has 3 aromatic rings. The average Bonchev–Trinajstić information content (AvgIpc) is 3.32. The molecule has 1 aliphatic heterocycles. The molecule has 1 amide bonds. The van der Waals surface area contributed by atoms with Crippen LogP contribution >= 0.6 is 11.3 Å². The summed E-state index contributed by atoms with van der Waals surface area (Å²) in [5.41, 5.74) is 4.78. The Kier molecular flexibility index (Phi) is 6.41. The maximum absolute atomic E-state index is 13.8. The summed E-state index contributed by atoms with van der Waals surface area (Å²) in [5, 5.41) is 5.30. The van der Waals surface area contributed by atoms with Crippen LogP contribution in [0.25, 0.3) is 10.2 Å². The van der Waals surface area contributed by atoms with E-state index in [9.17, 15) is 4.79 Å². The van der Waals surface area contributed by atoms with Crippen molar-refractivity contribution >= 4 is 32.6 Å². The van der Waals surface area contributed by atoms with Gasteiger partial charge in [-0.1, -0.05) is 17.4 Å². The Hall–Kier alpha value is -2.29. The number of aryl methyl sites for hydroxylation is 3. The van der Waals surface area contributed by atoms with Gasteiger partial charge in [0.1, 0.15) is 5.69 Å². The van der Waals surface area contributed by atoms with Crippen molar-refractivity contribution in [2.24, 2.45) is 0 Å². The van der Waals surface area contributed by atoms with Gasteiger partial charge in [0.2, 0.25) is 0 Å². The lowest BCUT2D eigenvalue weighted by Gasteiger charge is -2.29. The van der Waals surface area contributed by atoms with Crippen LogP contribution in [0.4, 0.5) is 5.13 Å². The zero-order valence-electron chi connectivity index (χ0n) is 19.0. The molecule has 1 fully saturated rings. The molecular formula is C23H31N5O2S. The van der Waals surface area contributed by atoms with Crippen molar-refractivity contribution in [1.82, 2.24) is 19.7 Å². The highest BCUT2D eigenvalue weighted by Gasteiger charge is 2.27. The van der Waals surface area contributed by atoms with Gasteiger partial charge in [-0.05, 0) is 57.9 Å². The second kappa shape index (κ2) is 9.06. The number of ether oxygens (including phenoxy) is 1. The van der Waals surface area contributed by atoms with Crippen molar-refractivity contribution in [3.05, 3.63) is 40.7 Å². The molecular weight excluding hydrogens is 410 g/mol. The number of carbonyl (C=O) groups is 1. The van der Waals surface area contributed by atoms with Crippen LogP contribution in [-0.4, -0.2) is 65.0 Å². The maximum atomic E-state index is 13.8. The first-order chi connectivity index (χ1) is 14.8. The summed E-state index contributed by atoms with van der Waals surface area (Å²) in [4.78, 5) is 22.9. The van der Waals surface area contributed by atoms with Crippen LogP contribution in [0, 0.1) is 20.8 Å². The molecule has 0 N–H and O–H groups in total. The first-order valence-electron chi connectivity index (χ1n) is 10.9. The van der Waals surface area contributed by atoms with E-state index in [0.29, 0.717) is 12.2 Å². The van der Waals surface area contributed by atoms with E-state index in [1.165, 1.54) is 5.56 Å². The summed E-state index contributed by atoms with van der Waals surface area (Å²) in [6.07, 6.45) is 0. The molecule has 0 radical (unpaired) electrons. The number of benzene rings is 1. The fourth-order valence-electron chi connectivity index (χ4n) is 4.03. The summed E-state index contributed by atoms with van der Waals surface area (Å²) in [6, 6.07) is 6.28. The van der Waals surface area contributed by atoms with E-state index in [2.05, 4.69) is 36.0 Å². The number of anilines is 1. The number of carbonyl (C=O) groups excluding carboxylic acids is 1. The maximum Gasteiger partial charge on any atom is 0.278 e. The third-order valence-corrected chi connectivity index (χ3v) is 6.63. The number of hydrogen-bond acceptors (Lipinski definition) is 6. The second-order valence-corrected chi connectivity index (χ2v) is 9.55. The predicted octanol–water partition coefficient (Wildman–Crippen LogP) is 3.98.